The molecule has 1 N–H and O–H groups in total. The first kappa shape index (κ1) is 19.8. The van der Waals surface area contributed by atoms with Crippen molar-refractivity contribution in [1.82, 2.24) is 9.55 Å². The summed E-state index contributed by atoms with van der Waals surface area (Å²) >= 11 is 1.17. The Morgan fingerprint density at radius 3 is 2.86 bits per heavy atom. The van der Waals surface area contributed by atoms with Crippen LogP contribution in [-0.2, 0) is 11.8 Å². The Bertz CT molecular complexity index is 1100. The van der Waals surface area contributed by atoms with Crippen LogP contribution in [0.2, 0.25) is 0 Å². The molecule has 2 aromatic heterocycles. The molecule has 1 aromatic carbocycles. The number of amides is 1. The van der Waals surface area contributed by atoms with Gasteiger partial charge in [-0.15, -0.1) is 11.3 Å². The maximum atomic E-state index is 12.7. The van der Waals surface area contributed by atoms with Crippen LogP contribution in [0.3, 0.4) is 0 Å². The predicted octanol–water partition coefficient (Wildman–Crippen LogP) is 3.51. The van der Waals surface area contributed by atoms with Gasteiger partial charge in [-0.2, -0.15) is 0 Å². The molecule has 146 valence electrons. The third-order valence-electron chi connectivity index (χ3n) is 4.30. The normalized spacial score (nSPS) is 10.8. The van der Waals surface area contributed by atoms with E-state index in [9.17, 15) is 14.4 Å². The zero-order valence-corrected chi connectivity index (χ0v) is 16.8. The van der Waals surface area contributed by atoms with Gasteiger partial charge in [0, 0.05) is 12.7 Å². The monoisotopic (exact) mass is 399 g/mol. The number of aryl methyl sites for hydroxylation is 2. The second kappa shape index (κ2) is 8.35. The number of nitrogens with one attached hydrogen (secondary N) is 1. The number of fused-ring (bicyclic) bond motifs is 1. The van der Waals surface area contributed by atoms with Crippen molar-refractivity contribution >= 4 is 39.1 Å². The second-order valence-corrected chi connectivity index (χ2v) is 7.42. The van der Waals surface area contributed by atoms with Crippen LogP contribution in [-0.4, -0.2) is 28.0 Å². The van der Waals surface area contributed by atoms with Crippen molar-refractivity contribution in [2.45, 2.75) is 26.7 Å². The molecule has 0 saturated heterocycles. The number of thiophene rings is 1. The topological polar surface area (TPSA) is 90.3 Å². The van der Waals surface area contributed by atoms with E-state index in [1.54, 1.807) is 38.2 Å². The first-order valence-corrected chi connectivity index (χ1v) is 9.77. The van der Waals surface area contributed by atoms with Gasteiger partial charge < -0.3 is 14.6 Å². The lowest BCUT2D eigenvalue weighted by atomic mass is 10.2. The molecule has 7 nitrogen and oxygen atoms in total. The van der Waals surface area contributed by atoms with E-state index < -0.39 is 5.97 Å². The van der Waals surface area contributed by atoms with Crippen molar-refractivity contribution in [2.24, 2.45) is 7.05 Å². The van der Waals surface area contributed by atoms with Gasteiger partial charge in [-0.25, -0.2) is 9.78 Å². The number of aromatic nitrogens is 2. The highest BCUT2D eigenvalue weighted by Crippen LogP contribution is 2.27. The number of hydrogen-bond donors (Lipinski definition) is 1. The van der Waals surface area contributed by atoms with Crippen LogP contribution in [0.4, 0.5) is 5.69 Å². The van der Waals surface area contributed by atoms with Crippen molar-refractivity contribution in [1.29, 1.82) is 0 Å². The highest BCUT2D eigenvalue weighted by Gasteiger charge is 2.19. The number of carbonyl (C=O) groups excluding carboxylic acids is 2. The zero-order chi connectivity index (χ0) is 20.3. The Labute approximate surface area is 166 Å². The average Bonchev–Trinajstić information content (AvgIpc) is 3.02. The molecule has 0 bridgehead atoms. The summed E-state index contributed by atoms with van der Waals surface area (Å²) in [5.41, 5.74) is 1.26. The third kappa shape index (κ3) is 3.96. The van der Waals surface area contributed by atoms with Crippen molar-refractivity contribution < 1.29 is 14.3 Å². The molecule has 3 aromatic rings. The minimum atomic E-state index is -0.421. The molecule has 28 heavy (non-hydrogen) atoms. The van der Waals surface area contributed by atoms with Crippen molar-refractivity contribution in [2.75, 3.05) is 11.9 Å². The number of carbonyl (C=O) groups is 2. The summed E-state index contributed by atoms with van der Waals surface area (Å²) in [6.07, 6.45) is 3.19. The smallest absolute Gasteiger partial charge is 0.338 e. The highest BCUT2D eigenvalue weighted by molar-refractivity contribution is 7.20. The first-order valence-electron chi connectivity index (χ1n) is 8.95. The van der Waals surface area contributed by atoms with Crippen LogP contribution in [0.15, 0.2) is 35.4 Å². The molecular weight excluding hydrogens is 378 g/mol. The Morgan fingerprint density at radius 2 is 2.11 bits per heavy atom. The maximum absolute atomic E-state index is 12.7. The Balaban J connectivity index is 1.82. The van der Waals surface area contributed by atoms with Crippen LogP contribution < -0.4 is 10.9 Å². The van der Waals surface area contributed by atoms with Crippen molar-refractivity contribution in [3.8, 4) is 0 Å². The summed E-state index contributed by atoms with van der Waals surface area (Å²) in [5.74, 6) is -0.769. The molecule has 0 radical (unpaired) electrons. The lowest BCUT2D eigenvalue weighted by Gasteiger charge is -2.07. The minimum absolute atomic E-state index is 0.186. The molecule has 0 fully saturated rings. The van der Waals surface area contributed by atoms with Crippen LogP contribution in [0.25, 0.3) is 10.2 Å². The molecule has 0 unspecified atom stereocenters. The average molecular weight is 399 g/mol. The molecule has 0 aliphatic heterocycles. The number of unbranched alkanes of at least 4 members (excludes halogenated alkanes) is 1. The number of nitrogens with zero attached hydrogens (tertiary/aromatic N) is 2. The SMILES string of the molecule is CCCCOC(=O)c1cccc(NC(=O)c2sc3ncn(C)c(=O)c3c2C)c1. The van der Waals surface area contributed by atoms with Crippen LogP contribution >= 0.6 is 11.3 Å². The molecule has 1 amide bonds. The summed E-state index contributed by atoms with van der Waals surface area (Å²) in [6.45, 7) is 4.12. The molecular formula is C20H21N3O4S. The molecule has 0 aliphatic carbocycles. The van der Waals surface area contributed by atoms with Crippen molar-refractivity contribution in [3.05, 3.63) is 57.0 Å². The van der Waals surface area contributed by atoms with E-state index in [-0.39, 0.29) is 11.5 Å². The summed E-state index contributed by atoms with van der Waals surface area (Å²) < 4.78 is 6.59. The van der Waals surface area contributed by atoms with Crippen molar-refractivity contribution in [3.63, 3.8) is 0 Å². The molecule has 8 heteroatoms. The van der Waals surface area contributed by atoms with Crippen LogP contribution in [0, 0.1) is 6.92 Å². The van der Waals surface area contributed by atoms with E-state index in [2.05, 4.69) is 10.3 Å². The number of hydrogen-bond acceptors (Lipinski definition) is 6. The van der Waals surface area contributed by atoms with E-state index in [0.717, 1.165) is 12.8 Å². The lowest BCUT2D eigenvalue weighted by Crippen LogP contribution is -2.17. The standard InChI is InChI=1S/C20H21N3O4S/c1-4-5-9-27-20(26)13-7-6-8-14(10-13)22-17(24)16-12(2)15-18(28-16)21-11-23(3)19(15)25/h6-8,10-11H,4-5,9H2,1-3H3,(H,22,24). The van der Waals surface area contributed by atoms with E-state index in [4.69, 9.17) is 4.74 Å². The molecule has 0 saturated carbocycles. The summed E-state index contributed by atoms with van der Waals surface area (Å²) in [6, 6.07) is 6.59. The van der Waals surface area contributed by atoms with Crippen LogP contribution in [0.5, 0.6) is 0 Å². The molecule has 0 atom stereocenters. The fraction of sp³-hybridized carbons (Fsp3) is 0.300. The van der Waals surface area contributed by atoms with Gasteiger partial charge in [0.2, 0.25) is 0 Å². The number of esters is 1. The Hall–Kier alpha value is -3.00. The van der Waals surface area contributed by atoms with E-state index in [1.165, 1.54) is 22.2 Å². The predicted molar refractivity (Wildman–Crippen MR) is 109 cm³/mol. The van der Waals surface area contributed by atoms with Crippen LogP contribution in [0.1, 0.15) is 45.4 Å². The van der Waals surface area contributed by atoms with Gasteiger partial charge in [-0.05, 0) is 37.1 Å². The number of rotatable bonds is 6. The Morgan fingerprint density at radius 1 is 1.32 bits per heavy atom. The summed E-state index contributed by atoms with van der Waals surface area (Å²) in [5, 5.41) is 3.24. The summed E-state index contributed by atoms with van der Waals surface area (Å²) in [7, 11) is 1.62. The van der Waals surface area contributed by atoms with Gasteiger partial charge in [-0.1, -0.05) is 19.4 Å². The molecule has 3 rings (SSSR count). The van der Waals surface area contributed by atoms with Gasteiger partial charge in [-0.3, -0.25) is 9.59 Å². The largest absolute Gasteiger partial charge is 0.462 e. The molecule has 2 heterocycles. The second-order valence-electron chi connectivity index (χ2n) is 6.42. The fourth-order valence-electron chi connectivity index (χ4n) is 2.73. The van der Waals surface area contributed by atoms with Gasteiger partial charge in [0.1, 0.15) is 4.83 Å². The zero-order valence-electron chi connectivity index (χ0n) is 15.9. The molecule has 0 aliphatic rings. The third-order valence-corrected chi connectivity index (χ3v) is 5.50. The van der Waals surface area contributed by atoms with E-state index >= 15 is 0 Å². The summed E-state index contributed by atoms with van der Waals surface area (Å²) in [4.78, 5) is 42.3. The first-order chi connectivity index (χ1) is 13.4. The number of ether oxygens (including phenoxy) is 1. The fourth-order valence-corrected chi connectivity index (χ4v) is 3.76. The van der Waals surface area contributed by atoms with Gasteiger partial charge in [0.05, 0.1) is 28.8 Å². The highest BCUT2D eigenvalue weighted by atomic mass is 32.1. The maximum Gasteiger partial charge on any atom is 0.338 e. The van der Waals surface area contributed by atoms with Gasteiger partial charge in [0.25, 0.3) is 11.5 Å². The lowest BCUT2D eigenvalue weighted by molar-refractivity contribution is 0.0499. The van der Waals surface area contributed by atoms with Gasteiger partial charge >= 0.3 is 5.97 Å². The number of benzene rings is 1. The van der Waals surface area contributed by atoms with E-state index in [1.807, 2.05) is 6.92 Å². The minimum Gasteiger partial charge on any atom is -0.462 e. The number of anilines is 1. The molecule has 0 spiro atoms. The Kier molecular flexibility index (Phi) is 5.89. The van der Waals surface area contributed by atoms with Gasteiger partial charge in [0.15, 0.2) is 0 Å². The van der Waals surface area contributed by atoms with E-state index in [0.29, 0.717) is 38.5 Å². The quantitative estimate of drug-likeness (QED) is 0.506.